The lowest BCUT2D eigenvalue weighted by atomic mass is 10.4. The molecule has 0 saturated carbocycles. The summed E-state index contributed by atoms with van der Waals surface area (Å²) in [6.07, 6.45) is 7.72. The van der Waals surface area contributed by atoms with Crippen molar-refractivity contribution >= 4 is 6.09 Å². The largest absolute Gasteiger partial charge is 0.447 e. The van der Waals surface area contributed by atoms with Crippen molar-refractivity contribution in [3.63, 3.8) is 0 Å². The van der Waals surface area contributed by atoms with Gasteiger partial charge in [0.25, 0.3) is 0 Å². The zero-order chi connectivity index (χ0) is 9.52. The number of carbonyl (C=O) groups is 1. The van der Waals surface area contributed by atoms with Gasteiger partial charge in [-0.3, -0.25) is 0 Å². The van der Waals surface area contributed by atoms with Crippen LogP contribution in [0.3, 0.4) is 0 Å². The van der Waals surface area contributed by atoms with Crippen molar-refractivity contribution in [3.8, 4) is 0 Å². The number of rotatable bonds is 3. The van der Waals surface area contributed by atoms with Crippen molar-refractivity contribution in [2.45, 2.75) is 19.8 Å². The lowest BCUT2D eigenvalue weighted by Crippen LogP contribution is -2.26. The number of hydroxylamine groups is 2. The molecular formula is C9H13NO3. The number of allylic oxidation sites excluding steroid dienone is 2. The molecule has 4 nitrogen and oxygen atoms in total. The highest BCUT2D eigenvalue weighted by molar-refractivity contribution is 5.67. The first-order valence-corrected chi connectivity index (χ1v) is 4.30. The minimum atomic E-state index is -0.478. The fraction of sp³-hybridized carbons (Fsp3) is 0.444. The first kappa shape index (κ1) is 9.64. The van der Waals surface area contributed by atoms with Gasteiger partial charge in [-0.2, -0.15) is 0 Å². The molecule has 1 heterocycles. The van der Waals surface area contributed by atoms with Crippen LogP contribution >= 0.6 is 0 Å². The molecule has 0 atom stereocenters. The Kier molecular flexibility index (Phi) is 3.88. The molecule has 0 aromatic heterocycles. The van der Waals surface area contributed by atoms with E-state index >= 15 is 0 Å². The van der Waals surface area contributed by atoms with E-state index in [9.17, 15) is 4.79 Å². The number of amides is 1. The van der Waals surface area contributed by atoms with Gasteiger partial charge in [0.15, 0.2) is 0 Å². The summed E-state index contributed by atoms with van der Waals surface area (Å²) < 4.78 is 4.90. The van der Waals surface area contributed by atoms with Crippen molar-refractivity contribution in [2.75, 3.05) is 6.61 Å². The van der Waals surface area contributed by atoms with Gasteiger partial charge < -0.3 is 9.57 Å². The van der Waals surface area contributed by atoms with Crippen molar-refractivity contribution in [1.82, 2.24) is 5.06 Å². The maximum Gasteiger partial charge on any atom is 0.447 e. The average molecular weight is 183 g/mol. The summed E-state index contributed by atoms with van der Waals surface area (Å²) in [5.74, 6) is 0. The van der Waals surface area contributed by atoms with Crippen LogP contribution in [0.25, 0.3) is 0 Å². The zero-order valence-corrected chi connectivity index (χ0v) is 7.60. The van der Waals surface area contributed by atoms with Crippen molar-refractivity contribution in [1.29, 1.82) is 0 Å². The molecule has 0 aromatic carbocycles. The summed E-state index contributed by atoms with van der Waals surface area (Å²) in [6, 6.07) is 0. The first-order chi connectivity index (χ1) is 6.34. The summed E-state index contributed by atoms with van der Waals surface area (Å²) in [7, 11) is 0. The molecule has 1 amide bonds. The molecule has 0 saturated heterocycles. The summed E-state index contributed by atoms with van der Waals surface area (Å²) in [5.41, 5.74) is 0. The van der Waals surface area contributed by atoms with Crippen LogP contribution in [0.15, 0.2) is 24.6 Å². The maximum absolute atomic E-state index is 11.2. The molecule has 0 radical (unpaired) electrons. The Bertz CT molecular complexity index is 223. The van der Waals surface area contributed by atoms with E-state index in [1.807, 2.05) is 6.92 Å². The third kappa shape index (κ3) is 3.19. The molecule has 0 aliphatic carbocycles. The van der Waals surface area contributed by atoms with Gasteiger partial charge in [0.1, 0.15) is 6.26 Å². The second kappa shape index (κ2) is 5.24. The zero-order valence-electron chi connectivity index (χ0n) is 7.60. The Morgan fingerprint density at radius 3 is 3.00 bits per heavy atom. The van der Waals surface area contributed by atoms with Gasteiger partial charge in [-0.1, -0.05) is 13.3 Å². The molecule has 0 fully saturated rings. The summed E-state index contributed by atoms with van der Waals surface area (Å²) in [6.45, 7) is 2.47. The van der Waals surface area contributed by atoms with Gasteiger partial charge in [0.2, 0.25) is 0 Å². The molecule has 4 heteroatoms. The molecule has 1 aliphatic heterocycles. The summed E-state index contributed by atoms with van der Waals surface area (Å²) in [4.78, 5) is 16.0. The molecule has 72 valence electrons. The van der Waals surface area contributed by atoms with E-state index < -0.39 is 6.09 Å². The predicted octanol–water partition coefficient (Wildman–Crippen LogP) is 2.20. The standard InChI is InChI=1S/C9H13NO3/c1-2-3-7-12-9(11)10-6-4-5-8-13-10/h4-6,8H,2-3,7H2,1H3. The lowest BCUT2D eigenvalue weighted by Gasteiger charge is -2.17. The maximum atomic E-state index is 11.2. The van der Waals surface area contributed by atoms with Gasteiger partial charge in [-0.25, -0.2) is 4.79 Å². The Labute approximate surface area is 77.4 Å². The number of hydrogen-bond donors (Lipinski definition) is 0. The molecule has 0 bridgehead atoms. The first-order valence-electron chi connectivity index (χ1n) is 4.30. The minimum absolute atomic E-state index is 0.437. The van der Waals surface area contributed by atoms with E-state index in [2.05, 4.69) is 0 Å². The van der Waals surface area contributed by atoms with Crippen LogP contribution in [0.5, 0.6) is 0 Å². The SMILES string of the molecule is CCCCOC(=O)N1C=CC=CO1. The summed E-state index contributed by atoms with van der Waals surface area (Å²) >= 11 is 0. The average Bonchev–Trinajstić information content (AvgIpc) is 2.19. The Morgan fingerprint density at radius 2 is 2.38 bits per heavy atom. The molecule has 0 aromatic rings. The van der Waals surface area contributed by atoms with Crippen molar-refractivity contribution < 1.29 is 14.4 Å². The smallest absolute Gasteiger partial charge is 0.447 e. The highest BCUT2D eigenvalue weighted by Crippen LogP contribution is 2.03. The van der Waals surface area contributed by atoms with Crippen LogP contribution < -0.4 is 0 Å². The van der Waals surface area contributed by atoms with Gasteiger partial charge in [-0.15, -0.1) is 5.06 Å². The molecule has 1 rings (SSSR count). The van der Waals surface area contributed by atoms with Gasteiger partial charge in [0, 0.05) is 0 Å². The van der Waals surface area contributed by atoms with Crippen molar-refractivity contribution in [3.05, 3.63) is 24.6 Å². The van der Waals surface area contributed by atoms with E-state index in [0.29, 0.717) is 6.61 Å². The monoisotopic (exact) mass is 183 g/mol. The molecule has 0 unspecified atom stereocenters. The number of carbonyl (C=O) groups excluding carboxylic acids is 1. The van der Waals surface area contributed by atoms with Crippen LogP contribution in [-0.2, 0) is 9.57 Å². The lowest BCUT2D eigenvalue weighted by molar-refractivity contribution is -0.0496. The Balaban J connectivity index is 2.23. The normalized spacial score (nSPS) is 14.1. The van der Waals surface area contributed by atoms with E-state index in [-0.39, 0.29) is 0 Å². The van der Waals surface area contributed by atoms with Crippen LogP contribution in [0.2, 0.25) is 0 Å². The quantitative estimate of drug-likeness (QED) is 0.629. The number of hydrogen-bond acceptors (Lipinski definition) is 3. The third-order valence-corrected chi connectivity index (χ3v) is 1.49. The van der Waals surface area contributed by atoms with Crippen LogP contribution in [0, 0.1) is 0 Å². The third-order valence-electron chi connectivity index (χ3n) is 1.49. The van der Waals surface area contributed by atoms with E-state index in [1.165, 1.54) is 12.5 Å². The second-order valence-electron chi connectivity index (χ2n) is 2.57. The topological polar surface area (TPSA) is 38.8 Å². The second-order valence-corrected chi connectivity index (χ2v) is 2.57. The van der Waals surface area contributed by atoms with E-state index in [0.717, 1.165) is 17.9 Å². The van der Waals surface area contributed by atoms with Gasteiger partial charge in [0.05, 0.1) is 12.8 Å². The molecule has 0 spiro atoms. The van der Waals surface area contributed by atoms with Crippen LogP contribution in [0.1, 0.15) is 19.8 Å². The Hall–Kier alpha value is -1.45. The summed E-state index contributed by atoms with van der Waals surface area (Å²) in [5, 5.41) is 1.05. The van der Waals surface area contributed by atoms with Crippen LogP contribution in [-0.4, -0.2) is 17.8 Å². The Morgan fingerprint density at radius 1 is 1.54 bits per heavy atom. The fourth-order valence-corrected chi connectivity index (χ4v) is 0.780. The highest BCUT2D eigenvalue weighted by atomic mass is 16.7. The number of unbranched alkanes of at least 4 members (excludes halogenated alkanes) is 1. The predicted molar refractivity (Wildman–Crippen MR) is 47.5 cm³/mol. The minimum Gasteiger partial charge on any atom is -0.447 e. The van der Waals surface area contributed by atoms with Crippen LogP contribution in [0.4, 0.5) is 4.79 Å². The van der Waals surface area contributed by atoms with E-state index in [1.54, 1.807) is 12.2 Å². The molecule has 1 aliphatic rings. The molecule has 13 heavy (non-hydrogen) atoms. The fourth-order valence-electron chi connectivity index (χ4n) is 0.780. The highest BCUT2D eigenvalue weighted by Gasteiger charge is 2.13. The molecule has 0 N–H and O–H groups in total. The van der Waals surface area contributed by atoms with Gasteiger partial charge in [-0.05, 0) is 18.6 Å². The van der Waals surface area contributed by atoms with Crippen molar-refractivity contribution in [2.24, 2.45) is 0 Å². The number of ether oxygens (including phenoxy) is 1. The van der Waals surface area contributed by atoms with Gasteiger partial charge >= 0.3 is 6.09 Å². The number of nitrogens with zero attached hydrogens (tertiary/aromatic N) is 1. The molecular weight excluding hydrogens is 170 g/mol. The van der Waals surface area contributed by atoms with E-state index in [4.69, 9.17) is 9.57 Å².